The minimum absolute atomic E-state index is 0.0115. The van der Waals surface area contributed by atoms with Crippen LogP contribution in [0.3, 0.4) is 0 Å². The van der Waals surface area contributed by atoms with E-state index in [4.69, 9.17) is 0 Å². The number of rotatable bonds is 4. The van der Waals surface area contributed by atoms with Crippen LogP contribution in [0.15, 0.2) is 40.9 Å². The monoisotopic (exact) mass is 286 g/mol. The van der Waals surface area contributed by atoms with Crippen molar-refractivity contribution in [2.45, 2.75) is 13.5 Å². The van der Waals surface area contributed by atoms with E-state index in [1.807, 2.05) is 30.5 Å². The molecule has 0 aromatic carbocycles. The summed E-state index contributed by atoms with van der Waals surface area (Å²) in [6.45, 7) is 3.28. The second-order valence-electron chi connectivity index (χ2n) is 4.36. The third-order valence-electron chi connectivity index (χ3n) is 3.03. The van der Waals surface area contributed by atoms with E-state index in [9.17, 15) is 4.79 Å². The maximum Gasteiger partial charge on any atom is 0.262 e. The fourth-order valence-corrected chi connectivity index (χ4v) is 2.81. The Morgan fingerprint density at radius 3 is 3.10 bits per heavy atom. The van der Waals surface area contributed by atoms with Gasteiger partial charge in [-0.25, -0.2) is 9.97 Å². The minimum atomic E-state index is -0.0115. The summed E-state index contributed by atoms with van der Waals surface area (Å²) < 4.78 is 1.62. The van der Waals surface area contributed by atoms with Crippen LogP contribution < -0.4 is 10.9 Å². The molecule has 0 aliphatic carbocycles. The Hall–Kier alpha value is -2.21. The van der Waals surface area contributed by atoms with Crippen molar-refractivity contribution in [1.29, 1.82) is 0 Å². The molecule has 0 atom stereocenters. The van der Waals surface area contributed by atoms with Crippen molar-refractivity contribution in [2.75, 3.05) is 11.9 Å². The molecule has 0 amide bonds. The largest absolute Gasteiger partial charge is 0.370 e. The Balaban J connectivity index is 2.01. The molecule has 20 heavy (non-hydrogen) atoms. The first-order chi connectivity index (χ1) is 9.79. The molecule has 3 aromatic heterocycles. The van der Waals surface area contributed by atoms with Gasteiger partial charge in [0.05, 0.1) is 18.3 Å². The molecule has 0 saturated carbocycles. The number of anilines is 1. The van der Waals surface area contributed by atoms with Crippen molar-refractivity contribution in [3.05, 3.63) is 52.0 Å². The molecule has 0 saturated heterocycles. The van der Waals surface area contributed by atoms with Gasteiger partial charge in [-0.1, -0.05) is 6.07 Å². The molecular weight excluding hydrogens is 272 g/mol. The first kappa shape index (κ1) is 12.8. The van der Waals surface area contributed by atoms with Gasteiger partial charge < -0.3 is 5.32 Å². The SMILES string of the molecule is CCNc1ncccc1Cn1cnc2sccc2c1=O. The van der Waals surface area contributed by atoms with Gasteiger partial charge in [0, 0.05) is 18.3 Å². The summed E-state index contributed by atoms with van der Waals surface area (Å²) in [6.07, 6.45) is 3.34. The maximum atomic E-state index is 12.4. The third-order valence-corrected chi connectivity index (χ3v) is 3.85. The number of hydrogen-bond donors (Lipinski definition) is 1. The Kier molecular flexibility index (Phi) is 3.47. The second-order valence-corrected chi connectivity index (χ2v) is 5.25. The van der Waals surface area contributed by atoms with E-state index in [1.165, 1.54) is 11.3 Å². The predicted molar refractivity (Wildman–Crippen MR) is 81.4 cm³/mol. The van der Waals surface area contributed by atoms with Crippen molar-refractivity contribution >= 4 is 27.4 Å². The van der Waals surface area contributed by atoms with Gasteiger partial charge in [0.25, 0.3) is 5.56 Å². The van der Waals surface area contributed by atoms with E-state index in [1.54, 1.807) is 17.1 Å². The molecule has 0 unspecified atom stereocenters. The highest BCUT2D eigenvalue weighted by atomic mass is 32.1. The van der Waals surface area contributed by atoms with Gasteiger partial charge >= 0.3 is 0 Å². The van der Waals surface area contributed by atoms with Gasteiger partial charge in [0.1, 0.15) is 10.6 Å². The highest BCUT2D eigenvalue weighted by molar-refractivity contribution is 7.16. The Morgan fingerprint density at radius 1 is 1.35 bits per heavy atom. The lowest BCUT2D eigenvalue weighted by Crippen LogP contribution is -2.21. The van der Waals surface area contributed by atoms with Crippen molar-refractivity contribution in [1.82, 2.24) is 14.5 Å². The van der Waals surface area contributed by atoms with Crippen molar-refractivity contribution in [3.8, 4) is 0 Å². The second kappa shape index (κ2) is 5.42. The van der Waals surface area contributed by atoms with Crippen LogP contribution in [0.4, 0.5) is 5.82 Å². The van der Waals surface area contributed by atoms with Gasteiger partial charge in [-0.2, -0.15) is 0 Å². The van der Waals surface area contributed by atoms with Crippen LogP contribution in [0.1, 0.15) is 12.5 Å². The smallest absolute Gasteiger partial charge is 0.262 e. The van der Waals surface area contributed by atoms with E-state index in [2.05, 4.69) is 15.3 Å². The van der Waals surface area contributed by atoms with Crippen LogP contribution in [0, 0.1) is 0 Å². The Bertz CT molecular complexity index is 793. The molecule has 0 aliphatic rings. The van der Waals surface area contributed by atoms with Gasteiger partial charge in [-0.05, 0) is 24.4 Å². The number of aromatic nitrogens is 3. The summed E-state index contributed by atoms with van der Waals surface area (Å²) in [4.78, 5) is 21.7. The summed E-state index contributed by atoms with van der Waals surface area (Å²) in [5.74, 6) is 0.812. The standard InChI is InChI=1S/C14H14N4OS/c1-2-15-12-10(4-3-6-16-12)8-18-9-17-13-11(14(18)19)5-7-20-13/h3-7,9H,2,8H2,1H3,(H,15,16). The quantitative estimate of drug-likeness (QED) is 0.799. The molecule has 3 heterocycles. The van der Waals surface area contributed by atoms with E-state index < -0.39 is 0 Å². The Morgan fingerprint density at radius 2 is 2.25 bits per heavy atom. The molecule has 3 rings (SSSR count). The van der Waals surface area contributed by atoms with Crippen molar-refractivity contribution in [3.63, 3.8) is 0 Å². The molecular formula is C14H14N4OS. The summed E-state index contributed by atoms with van der Waals surface area (Å²) in [6, 6.07) is 5.66. The number of hydrogen-bond acceptors (Lipinski definition) is 5. The zero-order valence-electron chi connectivity index (χ0n) is 11.0. The maximum absolute atomic E-state index is 12.4. The minimum Gasteiger partial charge on any atom is -0.370 e. The molecule has 5 nitrogen and oxygen atoms in total. The van der Waals surface area contributed by atoms with Crippen LogP contribution in [0.2, 0.25) is 0 Å². The van der Waals surface area contributed by atoms with Gasteiger partial charge in [0.15, 0.2) is 0 Å². The molecule has 0 fully saturated rings. The first-order valence-corrected chi connectivity index (χ1v) is 7.28. The molecule has 1 N–H and O–H groups in total. The zero-order chi connectivity index (χ0) is 13.9. The average Bonchev–Trinajstić information content (AvgIpc) is 2.93. The number of nitrogens with one attached hydrogen (secondary N) is 1. The van der Waals surface area contributed by atoms with Crippen molar-refractivity contribution in [2.24, 2.45) is 0 Å². The van der Waals surface area contributed by atoms with E-state index >= 15 is 0 Å². The molecule has 0 radical (unpaired) electrons. The lowest BCUT2D eigenvalue weighted by molar-refractivity contribution is 0.747. The zero-order valence-corrected chi connectivity index (χ0v) is 11.9. The molecule has 0 bridgehead atoms. The molecule has 102 valence electrons. The predicted octanol–water partition coefficient (Wildman–Crippen LogP) is 2.33. The van der Waals surface area contributed by atoms with E-state index in [0.717, 1.165) is 22.8 Å². The average molecular weight is 286 g/mol. The topological polar surface area (TPSA) is 59.8 Å². The highest BCUT2D eigenvalue weighted by Crippen LogP contribution is 2.15. The summed E-state index contributed by atoms with van der Waals surface area (Å²) in [5.41, 5.74) is 0.968. The summed E-state index contributed by atoms with van der Waals surface area (Å²) in [5, 5.41) is 5.76. The van der Waals surface area contributed by atoms with Crippen LogP contribution in [-0.4, -0.2) is 21.1 Å². The summed E-state index contributed by atoms with van der Waals surface area (Å²) in [7, 11) is 0. The normalized spacial score (nSPS) is 10.8. The van der Waals surface area contributed by atoms with Gasteiger partial charge in [0.2, 0.25) is 0 Å². The first-order valence-electron chi connectivity index (χ1n) is 6.40. The van der Waals surface area contributed by atoms with Crippen molar-refractivity contribution < 1.29 is 0 Å². The van der Waals surface area contributed by atoms with Gasteiger partial charge in [-0.3, -0.25) is 9.36 Å². The van der Waals surface area contributed by atoms with E-state index in [-0.39, 0.29) is 5.56 Å². The third kappa shape index (κ3) is 2.30. The highest BCUT2D eigenvalue weighted by Gasteiger charge is 2.08. The fraction of sp³-hybridized carbons (Fsp3) is 0.214. The van der Waals surface area contributed by atoms with Crippen LogP contribution in [-0.2, 0) is 6.54 Å². The van der Waals surface area contributed by atoms with Crippen LogP contribution >= 0.6 is 11.3 Å². The molecule has 3 aromatic rings. The van der Waals surface area contributed by atoms with Crippen LogP contribution in [0.25, 0.3) is 10.2 Å². The number of fused-ring (bicyclic) bond motifs is 1. The fourth-order valence-electron chi connectivity index (χ4n) is 2.08. The molecule has 0 aliphatic heterocycles. The molecule has 6 heteroatoms. The number of thiophene rings is 1. The molecule has 0 spiro atoms. The lowest BCUT2D eigenvalue weighted by Gasteiger charge is -2.10. The summed E-state index contributed by atoms with van der Waals surface area (Å²) >= 11 is 1.48. The Labute approximate surface area is 119 Å². The van der Waals surface area contributed by atoms with Crippen LogP contribution in [0.5, 0.6) is 0 Å². The van der Waals surface area contributed by atoms with E-state index in [0.29, 0.717) is 11.9 Å². The number of nitrogens with zero attached hydrogens (tertiary/aromatic N) is 3. The number of pyridine rings is 1. The van der Waals surface area contributed by atoms with Gasteiger partial charge in [-0.15, -0.1) is 11.3 Å². The lowest BCUT2D eigenvalue weighted by atomic mass is 10.2.